The first kappa shape index (κ1) is 13.0. The SMILES string of the molecule is NC(=O)C[C@H](NC(=O)c1cc(Cl)co1)C(=O)O. The Morgan fingerprint density at radius 3 is 2.59 bits per heavy atom. The number of nitrogens with two attached hydrogens (primary N) is 1. The van der Waals surface area contributed by atoms with Crippen molar-refractivity contribution in [2.45, 2.75) is 12.5 Å². The van der Waals surface area contributed by atoms with Crippen LogP contribution in [0.2, 0.25) is 5.02 Å². The van der Waals surface area contributed by atoms with Crippen LogP contribution >= 0.6 is 11.6 Å². The van der Waals surface area contributed by atoms with E-state index < -0.39 is 30.2 Å². The first-order chi connectivity index (χ1) is 7.90. The molecule has 0 bridgehead atoms. The monoisotopic (exact) mass is 260 g/mol. The Labute approximate surface area is 101 Å². The Bertz CT molecular complexity index is 456. The van der Waals surface area contributed by atoms with Gasteiger partial charge < -0.3 is 20.6 Å². The van der Waals surface area contributed by atoms with Crippen molar-refractivity contribution >= 4 is 29.4 Å². The van der Waals surface area contributed by atoms with E-state index in [0.717, 1.165) is 6.26 Å². The third-order valence-corrected chi connectivity index (χ3v) is 2.00. The maximum atomic E-state index is 11.5. The number of rotatable bonds is 5. The molecular weight excluding hydrogens is 252 g/mol. The highest BCUT2D eigenvalue weighted by Gasteiger charge is 2.23. The summed E-state index contributed by atoms with van der Waals surface area (Å²) in [5.41, 5.74) is 4.85. The van der Waals surface area contributed by atoms with Gasteiger partial charge in [-0.25, -0.2) is 4.79 Å². The number of carbonyl (C=O) groups excluding carboxylic acids is 2. The quantitative estimate of drug-likeness (QED) is 0.687. The van der Waals surface area contributed by atoms with Crippen LogP contribution in [0.25, 0.3) is 0 Å². The Morgan fingerprint density at radius 2 is 2.18 bits per heavy atom. The number of carboxylic acids is 1. The van der Waals surface area contributed by atoms with Gasteiger partial charge >= 0.3 is 5.97 Å². The van der Waals surface area contributed by atoms with Crippen molar-refractivity contribution in [1.29, 1.82) is 0 Å². The molecule has 0 aliphatic heterocycles. The summed E-state index contributed by atoms with van der Waals surface area (Å²) in [4.78, 5) is 32.8. The third-order valence-electron chi connectivity index (χ3n) is 1.80. The Hall–Kier alpha value is -2.02. The van der Waals surface area contributed by atoms with Gasteiger partial charge in [-0.15, -0.1) is 0 Å². The van der Waals surface area contributed by atoms with Crippen LogP contribution in [0.5, 0.6) is 0 Å². The number of halogens is 1. The predicted octanol–water partition coefficient (Wildman–Crippen LogP) is -0.00860. The number of hydrogen-bond donors (Lipinski definition) is 3. The van der Waals surface area contributed by atoms with Gasteiger partial charge in [0, 0.05) is 6.07 Å². The summed E-state index contributed by atoms with van der Waals surface area (Å²) in [6.45, 7) is 0. The maximum Gasteiger partial charge on any atom is 0.326 e. The number of nitrogens with one attached hydrogen (secondary N) is 1. The van der Waals surface area contributed by atoms with Gasteiger partial charge in [-0.3, -0.25) is 9.59 Å². The number of aliphatic carboxylic acids is 1. The second-order valence-corrected chi connectivity index (χ2v) is 3.60. The molecule has 1 atom stereocenters. The fourth-order valence-corrected chi connectivity index (χ4v) is 1.21. The van der Waals surface area contributed by atoms with Crippen LogP contribution in [0.4, 0.5) is 0 Å². The summed E-state index contributed by atoms with van der Waals surface area (Å²) in [7, 11) is 0. The van der Waals surface area contributed by atoms with Crippen LogP contribution in [-0.4, -0.2) is 28.9 Å². The molecule has 17 heavy (non-hydrogen) atoms. The van der Waals surface area contributed by atoms with Crippen molar-refractivity contribution in [2.24, 2.45) is 5.73 Å². The van der Waals surface area contributed by atoms with E-state index in [1.54, 1.807) is 0 Å². The van der Waals surface area contributed by atoms with E-state index in [0.29, 0.717) is 0 Å². The second-order valence-electron chi connectivity index (χ2n) is 3.16. The van der Waals surface area contributed by atoms with Gasteiger partial charge in [0.15, 0.2) is 5.76 Å². The van der Waals surface area contributed by atoms with Gasteiger partial charge in [0.1, 0.15) is 12.3 Å². The van der Waals surface area contributed by atoms with E-state index >= 15 is 0 Å². The zero-order valence-corrected chi connectivity index (χ0v) is 9.23. The van der Waals surface area contributed by atoms with Crippen LogP contribution in [0.3, 0.4) is 0 Å². The van der Waals surface area contributed by atoms with Crippen molar-refractivity contribution in [1.82, 2.24) is 5.32 Å². The molecule has 0 unspecified atom stereocenters. The van der Waals surface area contributed by atoms with Crippen LogP contribution in [0.15, 0.2) is 16.7 Å². The molecule has 0 aliphatic rings. The van der Waals surface area contributed by atoms with Crippen LogP contribution in [0.1, 0.15) is 17.0 Å². The van der Waals surface area contributed by atoms with Crippen molar-refractivity contribution < 1.29 is 23.9 Å². The van der Waals surface area contributed by atoms with Crippen LogP contribution < -0.4 is 11.1 Å². The molecule has 0 radical (unpaired) electrons. The molecule has 0 saturated heterocycles. The number of primary amides is 1. The molecule has 2 amide bonds. The van der Waals surface area contributed by atoms with Gasteiger partial charge in [-0.2, -0.15) is 0 Å². The molecular formula is C9H9ClN2O5. The average Bonchev–Trinajstić information content (AvgIpc) is 2.63. The lowest BCUT2D eigenvalue weighted by atomic mass is 10.2. The fraction of sp³-hybridized carbons (Fsp3) is 0.222. The van der Waals surface area contributed by atoms with Crippen molar-refractivity contribution in [3.05, 3.63) is 23.1 Å². The molecule has 4 N–H and O–H groups in total. The highest BCUT2D eigenvalue weighted by molar-refractivity contribution is 6.30. The standard InChI is InChI=1S/C9H9ClN2O5/c10-4-1-6(17-3-4)8(14)12-5(9(15)16)2-7(11)13/h1,3,5H,2H2,(H2,11,13)(H,12,14)(H,15,16)/t5-/m0/s1. The summed E-state index contributed by atoms with van der Waals surface area (Å²) < 4.78 is 4.76. The first-order valence-corrected chi connectivity index (χ1v) is 4.84. The lowest BCUT2D eigenvalue weighted by molar-refractivity contribution is -0.140. The first-order valence-electron chi connectivity index (χ1n) is 4.46. The van der Waals surface area contributed by atoms with Gasteiger partial charge in [0.25, 0.3) is 5.91 Å². The minimum atomic E-state index is -1.40. The van der Waals surface area contributed by atoms with Crippen LogP contribution in [-0.2, 0) is 9.59 Å². The Morgan fingerprint density at radius 1 is 1.53 bits per heavy atom. The molecule has 1 aromatic heterocycles. The van der Waals surface area contributed by atoms with Crippen molar-refractivity contribution in [3.63, 3.8) is 0 Å². The molecule has 0 aliphatic carbocycles. The van der Waals surface area contributed by atoms with Crippen molar-refractivity contribution in [2.75, 3.05) is 0 Å². The molecule has 0 aromatic carbocycles. The summed E-state index contributed by atoms with van der Waals surface area (Å²) in [6.07, 6.45) is 0.621. The number of carboxylic acid groups (broad SMARTS) is 1. The third kappa shape index (κ3) is 3.80. The van der Waals surface area contributed by atoms with Gasteiger partial charge in [0.2, 0.25) is 5.91 Å². The number of furan rings is 1. The highest BCUT2D eigenvalue weighted by Crippen LogP contribution is 2.13. The molecule has 92 valence electrons. The Balaban J connectivity index is 2.70. The molecule has 7 nitrogen and oxygen atoms in total. The maximum absolute atomic E-state index is 11.5. The van der Waals surface area contributed by atoms with E-state index in [2.05, 4.69) is 5.32 Å². The summed E-state index contributed by atoms with van der Waals surface area (Å²) in [5.74, 6) is -3.14. The zero-order valence-electron chi connectivity index (χ0n) is 8.47. The topological polar surface area (TPSA) is 123 Å². The minimum absolute atomic E-state index is 0.147. The summed E-state index contributed by atoms with van der Waals surface area (Å²) >= 11 is 5.52. The molecule has 0 spiro atoms. The lowest BCUT2D eigenvalue weighted by Crippen LogP contribution is -2.43. The summed E-state index contributed by atoms with van der Waals surface area (Å²) in [5, 5.41) is 11.0. The van der Waals surface area contributed by atoms with E-state index in [9.17, 15) is 14.4 Å². The van der Waals surface area contributed by atoms with E-state index in [4.69, 9.17) is 26.9 Å². The lowest BCUT2D eigenvalue weighted by Gasteiger charge is -2.11. The van der Waals surface area contributed by atoms with Gasteiger partial charge in [-0.1, -0.05) is 11.6 Å². The van der Waals surface area contributed by atoms with E-state index in [1.807, 2.05) is 0 Å². The van der Waals surface area contributed by atoms with E-state index in [-0.39, 0.29) is 10.8 Å². The largest absolute Gasteiger partial charge is 0.480 e. The molecule has 0 fully saturated rings. The molecule has 1 rings (SSSR count). The van der Waals surface area contributed by atoms with Crippen molar-refractivity contribution in [3.8, 4) is 0 Å². The highest BCUT2D eigenvalue weighted by atomic mass is 35.5. The van der Waals surface area contributed by atoms with Gasteiger partial charge in [0.05, 0.1) is 11.4 Å². The smallest absolute Gasteiger partial charge is 0.326 e. The van der Waals surface area contributed by atoms with Gasteiger partial charge in [-0.05, 0) is 0 Å². The number of amides is 2. The van der Waals surface area contributed by atoms with E-state index in [1.165, 1.54) is 6.07 Å². The predicted molar refractivity (Wildman–Crippen MR) is 56.4 cm³/mol. The minimum Gasteiger partial charge on any atom is -0.480 e. The number of carbonyl (C=O) groups is 3. The molecule has 8 heteroatoms. The zero-order chi connectivity index (χ0) is 13.0. The molecule has 1 heterocycles. The summed E-state index contributed by atoms with van der Waals surface area (Å²) in [6, 6.07) is -0.177. The average molecular weight is 261 g/mol. The number of hydrogen-bond acceptors (Lipinski definition) is 4. The molecule has 0 saturated carbocycles. The fourth-order valence-electron chi connectivity index (χ4n) is 1.06. The second kappa shape index (κ2) is 5.35. The normalized spacial score (nSPS) is 11.8. The molecule has 1 aromatic rings. The van der Waals surface area contributed by atoms with Crippen LogP contribution in [0, 0.1) is 0 Å². The Kier molecular flexibility index (Phi) is 4.11.